The van der Waals surface area contributed by atoms with E-state index in [2.05, 4.69) is 277 Å². The van der Waals surface area contributed by atoms with E-state index in [0.29, 0.717) is 32.0 Å². The van der Waals surface area contributed by atoms with E-state index >= 15 is 0 Å². The van der Waals surface area contributed by atoms with Crippen LogP contribution in [0.3, 0.4) is 0 Å². The van der Waals surface area contributed by atoms with Gasteiger partial charge in [0.15, 0.2) is 0 Å². The average Bonchev–Trinajstić information content (AvgIpc) is 1.57. The van der Waals surface area contributed by atoms with Crippen molar-refractivity contribution < 1.29 is 93.2 Å². The van der Waals surface area contributed by atoms with Crippen molar-refractivity contribution in [3.63, 3.8) is 0 Å². The zero-order chi connectivity index (χ0) is 89.7. The molecule has 13 rings (SSSR count). The molecule has 127 heavy (non-hydrogen) atoms. The predicted molar refractivity (Wildman–Crippen MR) is 538 cm³/mol. The van der Waals surface area contributed by atoms with E-state index in [1.165, 1.54) is 210 Å². The second-order valence-electron chi connectivity index (χ2n) is 34.4. The topological polar surface area (TPSA) is 120 Å². The molecular weight excluding hydrogens is 1630 g/mol. The molecule has 1 heterocycles. The largest absolute Gasteiger partial charge is 1.00 e. The molecule has 0 radical (unpaired) electrons. The minimum atomic E-state index is -3.25. The molecule has 0 spiro atoms. The van der Waals surface area contributed by atoms with Crippen LogP contribution in [0.5, 0.6) is 0 Å². The minimum absolute atomic E-state index is 0. The van der Waals surface area contributed by atoms with E-state index in [1.54, 1.807) is 20.8 Å². The third kappa shape index (κ3) is 34.3. The molecule has 2 aliphatic carbocycles. The number of rotatable bonds is 43. The summed E-state index contributed by atoms with van der Waals surface area (Å²) in [5, 5.41) is 10.1. The van der Waals surface area contributed by atoms with Crippen LogP contribution in [0, 0.1) is 0 Å². The second kappa shape index (κ2) is 56.2. The number of hydrogen-bond acceptors (Lipinski definition) is 9. The minimum Gasteiger partial charge on any atom is -0.850 e. The van der Waals surface area contributed by atoms with E-state index in [0.717, 1.165) is 61.9 Å². The number of aldehydes is 1. The Kier molecular flexibility index (Phi) is 46.4. The quantitative estimate of drug-likeness (QED) is 0.0121. The molecule has 9 nitrogen and oxygen atoms in total. The Morgan fingerprint density at radius 1 is 0.315 bits per heavy atom. The number of carbonyl (C=O) groups excluding carboxylic acids is 1. The van der Waals surface area contributed by atoms with E-state index in [-0.39, 0.29) is 74.5 Å². The van der Waals surface area contributed by atoms with Crippen LogP contribution in [0.2, 0.25) is 0 Å². The molecule has 0 amide bonds. The maximum Gasteiger partial charge on any atom is 1.00 e. The molecule has 1 aliphatic heterocycles. The first-order valence-corrected chi connectivity index (χ1v) is 50.6. The van der Waals surface area contributed by atoms with Crippen molar-refractivity contribution in [1.82, 2.24) is 0 Å². The van der Waals surface area contributed by atoms with Crippen LogP contribution in [-0.4, -0.2) is 51.5 Å². The summed E-state index contributed by atoms with van der Waals surface area (Å²) in [6, 6.07) is 84.0. The van der Waals surface area contributed by atoms with Crippen LogP contribution in [0.15, 0.2) is 237 Å². The predicted octanol–water partition coefficient (Wildman–Crippen LogP) is 29.6. The Balaban J connectivity index is 0.000000248. The van der Waals surface area contributed by atoms with Crippen molar-refractivity contribution in [2.75, 3.05) is 39.6 Å². The Morgan fingerprint density at radius 3 is 0.780 bits per heavy atom. The molecule has 0 aromatic heterocycles. The molecule has 3 aliphatic rings. The van der Waals surface area contributed by atoms with Crippen LogP contribution in [0.4, 0.5) is 0 Å². The molecule has 0 bridgehead atoms. The zero-order valence-corrected chi connectivity index (χ0v) is 83.6. The molecule has 1 fully saturated rings. The third-order valence-corrected chi connectivity index (χ3v) is 27.4. The molecule has 12 heteroatoms. The van der Waals surface area contributed by atoms with Crippen LogP contribution in [0.25, 0.3) is 83.0 Å². The van der Waals surface area contributed by atoms with Gasteiger partial charge in [0.1, 0.15) is 6.29 Å². The van der Waals surface area contributed by atoms with Gasteiger partial charge in [-0.3, -0.25) is 13.9 Å². The van der Waals surface area contributed by atoms with Gasteiger partial charge in [-0.25, -0.2) is 0 Å². The number of ether oxygens (including phenoxy) is 1. The first-order valence-electron chi connectivity index (χ1n) is 47.2. The van der Waals surface area contributed by atoms with Gasteiger partial charge in [-0.2, -0.15) is 0 Å². The van der Waals surface area contributed by atoms with Crippen molar-refractivity contribution in [2.45, 2.75) is 246 Å². The monoisotopic (exact) mass is 1770 g/mol. The van der Waals surface area contributed by atoms with Gasteiger partial charge in [-0.05, 0) is 177 Å². The number of carbonyl (C=O) groups is 1. The number of hydrogen-bond donors (Lipinski definition) is 0. The van der Waals surface area contributed by atoms with Gasteiger partial charge in [0.05, 0.1) is 38.8 Å². The Bertz CT molecular complexity index is 4820. The fourth-order valence-electron chi connectivity index (χ4n) is 17.0. The fourth-order valence-corrected chi connectivity index (χ4v) is 20.4. The summed E-state index contributed by atoms with van der Waals surface area (Å²) in [5.74, 6) is 0. The van der Waals surface area contributed by atoms with Gasteiger partial charge in [0.25, 0.3) is 0 Å². The number of unbranched alkanes of at least 4 members (excludes halogenated alkanes) is 12. The van der Waals surface area contributed by atoms with Gasteiger partial charge in [-0.15, -0.1) is 5.60 Å². The van der Waals surface area contributed by atoms with Gasteiger partial charge in [0, 0.05) is 29.6 Å². The van der Waals surface area contributed by atoms with Crippen LogP contribution in [0.1, 0.15) is 317 Å². The standard InChI is InChI=1S/C57H58.C35H56O6P2.C15H12O.C4H8O.C4H9O.K/c1-3-5-7-15-41-57(42-16-8-6-4-2)55-43-51(35-33-49-29-25-47(26-30-49)23-21-45-17-11-9-12-18-45)37-39-53(55)54-40-38-52(44-56(54)57)36-34-50-31-27-48(28-32-50)24-22-46-19-13-10-14-20-46;1-7-13-15-17-23-35(24-18-16-14-8-2)33-25-29(27-42(36,38-9-3)39-10-4)19-21-31(33)32-22-20-30(26-34(32)35)28-43(37,40-11-5)41-12-6;16-12-15-10-8-14(9-11-15)7-6-13-4-2-1-3-5-13;1-2-4-5-3-1;1-4(2,3)5;/h9-14,17-40,43-44H,3-8,15-16,41-42H2,1-2H3;19-22,25-26H,7-18,23-24,27-28H2,1-6H3;1-12H;1-4H2;1-3H3;/q;;;;-1;+1/b23-21+,24-22+,35-33+,36-34+;;7-6+;;;. The van der Waals surface area contributed by atoms with Crippen molar-refractivity contribution in [3.05, 3.63) is 331 Å². The SMILES string of the molecule is C1CCOC1.CC(C)(C)[O-].CCCCCCC1(CCCCCC)c2cc(/C=C/c3ccc(/C=C/c4ccccc4)cc3)ccc2-c2ccc(/C=C/c3ccc(/C=C/c4ccccc4)cc3)cc21.CCCCCCC1(CCCCCC)c2cc(CP(=O)(OCC)OCC)ccc2-c2ccc(CP(=O)(OCC)OCC)cc21.O=Cc1ccc(/C=C/c2ccccc2)cc1.[K+]. The Morgan fingerprint density at radius 2 is 0.543 bits per heavy atom. The Labute approximate surface area is 807 Å². The van der Waals surface area contributed by atoms with Gasteiger partial charge < -0.3 is 27.9 Å². The summed E-state index contributed by atoms with van der Waals surface area (Å²) in [7, 11) is -6.49. The molecule has 0 atom stereocenters. The zero-order valence-electron chi connectivity index (χ0n) is 78.6. The maximum atomic E-state index is 13.5. The van der Waals surface area contributed by atoms with Gasteiger partial charge in [-0.1, -0.05) is 449 Å². The number of fused-ring (bicyclic) bond motifs is 6. The fraction of sp³-hybridized carbons (Fsp3) is 0.383. The first kappa shape index (κ1) is 105. The molecule has 668 valence electrons. The maximum absolute atomic E-state index is 13.5. The van der Waals surface area contributed by atoms with Gasteiger partial charge >= 0.3 is 66.6 Å². The summed E-state index contributed by atoms with van der Waals surface area (Å²) >= 11 is 0. The van der Waals surface area contributed by atoms with Crippen molar-refractivity contribution >= 4 is 82.2 Å². The molecule has 1 saturated heterocycles. The Hall–Kier alpha value is -7.57. The molecule has 0 saturated carbocycles. The smallest absolute Gasteiger partial charge is 0.850 e. The third-order valence-electron chi connectivity index (χ3n) is 23.3. The van der Waals surface area contributed by atoms with Crippen molar-refractivity contribution in [1.29, 1.82) is 0 Å². The van der Waals surface area contributed by atoms with E-state index in [9.17, 15) is 19.0 Å². The summed E-state index contributed by atoms with van der Waals surface area (Å²) in [6.07, 6.45) is 50.2. The molecule has 0 unspecified atom stereocenters. The summed E-state index contributed by atoms with van der Waals surface area (Å²) in [5.41, 5.74) is 25.0. The van der Waals surface area contributed by atoms with E-state index in [4.69, 9.17) is 22.8 Å². The van der Waals surface area contributed by atoms with Crippen molar-refractivity contribution in [3.8, 4) is 22.3 Å². The van der Waals surface area contributed by atoms with Crippen LogP contribution in [-0.2, 0) is 55.1 Å². The molecular formula is C115H143KO9P2. The van der Waals surface area contributed by atoms with E-state index < -0.39 is 20.8 Å². The molecule has 10 aromatic carbocycles. The summed E-state index contributed by atoms with van der Waals surface area (Å²) in [6.45, 7) is 24.9. The average molecular weight is 1770 g/mol. The summed E-state index contributed by atoms with van der Waals surface area (Å²) < 4.78 is 54.7. The first-order chi connectivity index (χ1) is 61.2. The normalized spacial score (nSPS) is 13.5. The molecule has 0 N–H and O–H groups in total. The van der Waals surface area contributed by atoms with Crippen LogP contribution >= 0.6 is 15.2 Å². The second-order valence-corrected chi connectivity index (χ2v) is 38.5. The summed E-state index contributed by atoms with van der Waals surface area (Å²) in [4.78, 5) is 10.5. The number of benzene rings is 10. The van der Waals surface area contributed by atoms with Gasteiger partial charge in [0.2, 0.25) is 0 Å². The van der Waals surface area contributed by atoms with E-state index in [1.807, 2.05) is 76.2 Å². The molecule has 10 aromatic rings. The van der Waals surface area contributed by atoms with Crippen LogP contribution < -0.4 is 56.5 Å². The van der Waals surface area contributed by atoms with Crippen molar-refractivity contribution in [2.24, 2.45) is 0 Å².